The highest BCUT2D eigenvalue weighted by molar-refractivity contribution is 5.96. The summed E-state index contributed by atoms with van der Waals surface area (Å²) in [6.07, 6.45) is -0.344. The molecule has 0 aromatic heterocycles. The third kappa shape index (κ3) is 3.68. The van der Waals surface area contributed by atoms with Gasteiger partial charge in [-0.3, -0.25) is 4.79 Å². The van der Waals surface area contributed by atoms with Crippen LogP contribution in [0.25, 0.3) is 0 Å². The Kier molecular flexibility index (Phi) is 5.79. The largest absolute Gasteiger partial charge is 0.377 e. The molecule has 0 bridgehead atoms. The van der Waals surface area contributed by atoms with Gasteiger partial charge in [-0.1, -0.05) is 6.07 Å². The normalized spacial score (nSPS) is 12.3. The van der Waals surface area contributed by atoms with Crippen molar-refractivity contribution in [3.63, 3.8) is 0 Å². The predicted molar refractivity (Wildman–Crippen MR) is 75.5 cm³/mol. The van der Waals surface area contributed by atoms with E-state index in [0.29, 0.717) is 5.56 Å². The standard InChI is InChI=1S/C14H22N2O3/c1-9-11(13(17)15-3)7-6-8-12(9)16-10(2)14(18-4)19-5/h6-8,10,14,16H,1-5H3,(H,15,17). The number of hydrogen-bond donors (Lipinski definition) is 2. The second-order valence-electron chi connectivity index (χ2n) is 4.33. The molecule has 1 unspecified atom stereocenters. The fraction of sp³-hybridized carbons (Fsp3) is 0.500. The SMILES string of the molecule is CNC(=O)c1cccc(NC(C)C(OC)OC)c1C. The summed E-state index contributed by atoms with van der Waals surface area (Å²) in [6.45, 7) is 3.87. The Balaban J connectivity index is 2.93. The highest BCUT2D eigenvalue weighted by Gasteiger charge is 2.17. The smallest absolute Gasteiger partial charge is 0.251 e. The molecule has 0 spiro atoms. The number of anilines is 1. The van der Waals surface area contributed by atoms with Crippen LogP contribution in [0.1, 0.15) is 22.8 Å². The zero-order valence-corrected chi connectivity index (χ0v) is 12.1. The van der Waals surface area contributed by atoms with Crippen molar-refractivity contribution in [2.24, 2.45) is 0 Å². The number of nitrogens with one attached hydrogen (secondary N) is 2. The molecule has 106 valence electrons. The minimum Gasteiger partial charge on any atom is -0.377 e. The van der Waals surface area contributed by atoms with Crippen molar-refractivity contribution in [2.75, 3.05) is 26.6 Å². The number of benzene rings is 1. The Morgan fingerprint density at radius 1 is 1.26 bits per heavy atom. The van der Waals surface area contributed by atoms with Crippen molar-refractivity contribution in [2.45, 2.75) is 26.2 Å². The fourth-order valence-electron chi connectivity index (χ4n) is 1.99. The second-order valence-corrected chi connectivity index (χ2v) is 4.33. The van der Waals surface area contributed by atoms with Crippen molar-refractivity contribution in [3.05, 3.63) is 29.3 Å². The maximum atomic E-state index is 11.7. The van der Waals surface area contributed by atoms with Crippen LogP contribution in [0.5, 0.6) is 0 Å². The lowest BCUT2D eigenvalue weighted by Gasteiger charge is -2.24. The topological polar surface area (TPSA) is 59.6 Å². The summed E-state index contributed by atoms with van der Waals surface area (Å²) in [7, 11) is 4.82. The first kappa shape index (κ1) is 15.5. The average molecular weight is 266 g/mol. The molecule has 0 saturated carbocycles. The van der Waals surface area contributed by atoms with E-state index in [-0.39, 0.29) is 18.2 Å². The molecule has 5 heteroatoms. The summed E-state index contributed by atoms with van der Waals surface area (Å²) in [5, 5.41) is 5.93. The van der Waals surface area contributed by atoms with E-state index in [1.165, 1.54) is 0 Å². The number of amides is 1. The van der Waals surface area contributed by atoms with E-state index in [9.17, 15) is 4.79 Å². The van der Waals surface area contributed by atoms with Crippen LogP contribution in [0, 0.1) is 6.92 Å². The third-order valence-electron chi connectivity index (χ3n) is 3.06. The Morgan fingerprint density at radius 3 is 2.42 bits per heavy atom. The van der Waals surface area contributed by atoms with Crippen molar-refractivity contribution in [1.82, 2.24) is 5.32 Å². The highest BCUT2D eigenvalue weighted by atomic mass is 16.7. The summed E-state index contributed by atoms with van der Waals surface area (Å²) in [5.74, 6) is -0.0937. The lowest BCUT2D eigenvalue weighted by atomic mass is 10.1. The van der Waals surface area contributed by atoms with Gasteiger partial charge < -0.3 is 20.1 Å². The Hall–Kier alpha value is -1.59. The van der Waals surface area contributed by atoms with Crippen molar-refractivity contribution < 1.29 is 14.3 Å². The molecule has 0 fully saturated rings. The number of rotatable bonds is 6. The van der Waals surface area contributed by atoms with E-state index >= 15 is 0 Å². The van der Waals surface area contributed by atoms with Gasteiger partial charge in [-0.05, 0) is 31.5 Å². The van der Waals surface area contributed by atoms with Gasteiger partial charge in [0, 0.05) is 32.5 Å². The lowest BCUT2D eigenvalue weighted by Crippen LogP contribution is -2.34. The van der Waals surface area contributed by atoms with Gasteiger partial charge in [0.25, 0.3) is 5.91 Å². The van der Waals surface area contributed by atoms with Crippen LogP contribution in [0.2, 0.25) is 0 Å². The molecule has 0 radical (unpaired) electrons. The Labute approximate surface area is 114 Å². The molecule has 0 aliphatic rings. The quantitative estimate of drug-likeness (QED) is 0.770. The maximum absolute atomic E-state index is 11.7. The molecule has 1 amide bonds. The monoisotopic (exact) mass is 266 g/mol. The first-order chi connectivity index (χ1) is 9.04. The third-order valence-corrected chi connectivity index (χ3v) is 3.06. The summed E-state index contributed by atoms with van der Waals surface area (Å²) in [5.41, 5.74) is 2.46. The van der Waals surface area contributed by atoms with Crippen LogP contribution in [-0.2, 0) is 9.47 Å². The number of ether oxygens (including phenoxy) is 2. The fourth-order valence-corrected chi connectivity index (χ4v) is 1.99. The summed E-state index contributed by atoms with van der Waals surface area (Å²) in [6, 6.07) is 5.55. The van der Waals surface area contributed by atoms with Gasteiger partial charge in [-0.2, -0.15) is 0 Å². The van der Waals surface area contributed by atoms with E-state index in [2.05, 4.69) is 10.6 Å². The molecule has 1 atom stereocenters. The molecular formula is C14H22N2O3. The summed E-state index contributed by atoms with van der Waals surface area (Å²) in [4.78, 5) is 11.7. The molecule has 19 heavy (non-hydrogen) atoms. The Bertz CT molecular complexity index is 431. The molecule has 0 heterocycles. The predicted octanol–water partition coefficient (Wildman–Crippen LogP) is 1.77. The van der Waals surface area contributed by atoms with Crippen LogP contribution in [0.15, 0.2) is 18.2 Å². The van der Waals surface area contributed by atoms with Gasteiger partial charge in [0.15, 0.2) is 6.29 Å². The molecule has 1 rings (SSSR count). The van der Waals surface area contributed by atoms with E-state index in [0.717, 1.165) is 11.3 Å². The number of carbonyl (C=O) groups is 1. The second kappa shape index (κ2) is 7.11. The van der Waals surface area contributed by atoms with E-state index < -0.39 is 0 Å². The first-order valence-electron chi connectivity index (χ1n) is 6.19. The number of carbonyl (C=O) groups excluding carboxylic acids is 1. The van der Waals surface area contributed by atoms with Gasteiger partial charge in [0.05, 0.1) is 6.04 Å². The van der Waals surface area contributed by atoms with Crippen molar-refractivity contribution in [3.8, 4) is 0 Å². The number of hydrogen-bond acceptors (Lipinski definition) is 4. The van der Waals surface area contributed by atoms with Crippen LogP contribution >= 0.6 is 0 Å². The molecule has 0 aliphatic carbocycles. The minimum atomic E-state index is -0.344. The van der Waals surface area contributed by atoms with Gasteiger partial charge in [0.2, 0.25) is 0 Å². The highest BCUT2D eigenvalue weighted by Crippen LogP contribution is 2.20. The molecule has 0 saturated heterocycles. The zero-order chi connectivity index (χ0) is 14.4. The zero-order valence-electron chi connectivity index (χ0n) is 12.1. The molecular weight excluding hydrogens is 244 g/mol. The van der Waals surface area contributed by atoms with Crippen LogP contribution in [0.4, 0.5) is 5.69 Å². The maximum Gasteiger partial charge on any atom is 0.251 e. The van der Waals surface area contributed by atoms with Gasteiger partial charge in [0.1, 0.15) is 0 Å². The van der Waals surface area contributed by atoms with Crippen molar-refractivity contribution >= 4 is 11.6 Å². The first-order valence-corrected chi connectivity index (χ1v) is 6.19. The summed E-state index contributed by atoms with van der Waals surface area (Å²) >= 11 is 0. The minimum absolute atomic E-state index is 0.0337. The van der Waals surface area contributed by atoms with Crippen LogP contribution in [-0.4, -0.2) is 39.5 Å². The Morgan fingerprint density at radius 2 is 1.89 bits per heavy atom. The molecule has 1 aromatic carbocycles. The molecule has 1 aromatic rings. The van der Waals surface area contributed by atoms with Gasteiger partial charge in [-0.25, -0.2) is 0 Å². The molecule has 0 aliphatic heterocycles. The van der Waals surface area contributed by atoms with Crippen molar-refractivity contribution in [1.29, 1.82) is 0 Å². The number of methoxy groups -OCH3 is 2. The van der Waals surface area contributed by atoms with Crippen LogP contribution < -0.4 is 10.6 Å². The molecule has 2 N–H and O–H groups in total. The van der Waals surface area contributed by atoms with Gasteiger partial charge >= 0.3 is 0 Å². The van der Waals surface area contributed by atoms with Gasteiger partial charge in [-0.15, -0.1) is 0 Å². The van der Waals surface area contributed by atoms with E-state index in [1.807, 2.05) is 26.0 Å². The van der Waals surface area contributed by atoms with E-state index in [4.69, 9.17) is 9.47 Å². The molecule has 5 nitrogen and oxygen atoms in total. The van der Waals surface area contributed by atoms with E-state index in [1.54, 1.807) is 27.3 Å². The van der Waals surface area contributed by atoms with Crippen LogP contribution in [0.3, 0.4) is 0 Å². The lowest BCUT2D eigenvalue weighted by molar-refractivity contribution is -0.109. The average Bonchev–Trinajstić information content (AvgIpc) is 2.41. The summed E-state index contributed by atoms with van der Waals surface area (Å²) < 4.78 is 10.4.